The number of aryl methyl sites for hydroxylation is 1. The quantitative estimate of drug-likeness (QED) is 0.942. The van der Waals surface area contributed by atoms with Crippen LogP contribution < -0.4 is 5.32 Å². The molecule has 1 aliphatic rings. The summed E-state index contributed by atoms with van der Waals surface area (Å²) in [5, 5.41) is 10.8. The number of likely N-dealkylation sites (tertiary alicyclic amines) is 1. The second kappa shape index (κ2) is 5.99. The standard InChI is InChI=1S/C15H19N3O2S/c1-10-8-14(20-17-10)16-15(19)11(2)18-6-3-4-13(18)12-5-7-21-9-12/h5,7-9,11,13H,3-4,6H2,1-2H3,(H,16,19)/t11-,13+/m1/s1. The predicted molar refractivity (Wildman–Crippen MR) is 82.3 cm³/mol. The van der Waals surface area contributed by atoms with Crippen LogP contribution in [0.25, 0.3) is 0 Å². The van der Waals surface area contributed by atoms with Gasteiger partial charge in [-0.1, -0.05) is 5.16 Å². The van der Waals surface area contributed by atoms with Crippen LogP contribution >= 0.6 is 11.3 Å². The number of amides is 1. The van der Waals surface area contributed by atoms with Gasteiger partial charge in [-0.15, -0.1) is 0 Å². The molecule has 1 fully saturated rings. The van der Waals surface area contributed by atoms with E-state index in [0.29, 0.717) is 11.9 Å². The van der Waals surface area contributed by atoms with Gasteiger partial charge in [0.2, 0.25) is 11.8 Å². The zero-order valence-corrected chi connectivity index (χ0v) is 13.0. The van der Waals surface area contributed by atoms with Crippen LogP contribution in [0.4, 0.5) is 5.88 Å². The first kappa shape index (κ1) is 14.3. The number of carbonyl (C=O) groups excluding carboxylic acids is 1. The van der Waals surface area contributed by atoms with E-state index in [-0.39, 0.29) is 11.9 Å². The average Bonchev–Trinajstić information content (AvgIpc) is 3.18. The molecule has 2 aromatic heterocycles. The van der Waals surface area contributed by atoms with E-state index in [2.05, 4.69) is 32.2 Å². The van der Waals surface area contributed by atoms with Gasteiger partial charge >= 0.3 is 0 Å². The number of anilines is 1. The van der Waals surface area contributed by atoms with Crippen molar-refractivity contribution in [1.29, 1.82) is 0 Å². The van der Waals surface area contributed by atoms with Gasteiger partial charge < -0.3 is 4.52 Å². The van der Waals surface area contributed by atoms with Crippen LogP contribution in [0.1, 0.15) is 37.1 Å². The molecule has 112 valence electrons. The van der Waals surface area contributed by atoms with Gasteiger partial charge in [-0.25, -0.2) is 0 Å². The Bertz CT molecular complexity index is 608. The molecule has 21 heavy (non-hydrogen) atoms. The molecule has 1 amide bonds. The minimum absolute atomic E-state index is 0.0479. The van der Waals surface area contributed by atoms with Crippen LogP contribution in [0, 0.1) is 6.92 Å². The monoisotopic (exact) mass is 305 g/mol. The first-order valence-electron chi connectivity index (χ1n) is 7.17. The fraction of sp³-hybridized carbons (Fsp3) is 0.467. The molecule has 0 radical (unpaired) electrons. The van der Waals surface area contributed by atoms with Crippen molar-refractivity contribution >= 4 is 23.1 Å². The molecule has 1 N–H and O–H groups in total. The number of hydrogen-bond acceptors (Lipinski definition) is 5. The topological polar surface area (TPSA) is 58.4 Å². The summed E-state index contributed by atoms with van der Waals surface area (Å²) in [6.07, 6.45) is 2.23. The fourth-order valence-electron chi connectivity index (χ4n) is 2.87. The normalized spacial score (nSPS) is 20.6. The second-order valence-corrected chi connectivity index (χ2v) is 6.23. The summed E-state index contributed by atoms with van der Waals surface area (Å²) in [5.41, 5.74) is 2.07. The maximum atomic E-state index is 12.4. The van der Waals surface area contributed by atoms with Crippen molar-refractivity contribution in [2.75, 3.05) is 11.9 Å². The number of nitrogens with one attached hydrogen (secondary N) is 1. The number of thiophene rings is 1. The molecule has 0 unspecified atom stereocenters. The first-order valence-corrected chi connectivity index (χ1v) is 8.11. The van der Waals surface area contributed by atoms with Crippen molar-refractivity contribution in [1.82, 2.24) is 10.1 Å². The van der Waals surface area contributed by atoms with Gasteiger partial charge in [0, 0.05) is 12.1 Å². The summed E-state index contributed by atoms with van der Waals surface area (Å²) in [6, 6.07) is 4.03. The van der Waals surface area contributed by atoms with Crippen molar-refractivity contribution in [2.24, 2.45) is 0 Å². The number of carbonyl (C=O) groups is 1. The van der Waals surface area contributed by atoms with E-state index < -0.39 is 0 Å². The zero-order chi connectivity index (χ0) is 14.8. The lowest BCUT2D eigenvalue weighted by Gasteiger charge is -2.29. The Morgan fingerprint density at radius 1 is 1.62 bits per heavy atom. The molecule has 0 bridgehead atoms. The molecular weight excluding hydrogens is 286 g/mol. The Morgan fingerprint density at radius 3 is 3.14 bits per heavy atom. The van der Waals surface area contributed by atoms with Gasteiger partial charge in [0.1, 0.15) is 0 Å². The van der Waals surface area contributed by atoms with Crippen molar-refractivity contribution in [3.63, 3.8) is 0 Å². The lowest BCUT2D eigenvalue weighted by atomic mass is 10.1. The number of nitrogens with zero attached hydrogens (tertiary/aromatic N) is 2. The first-order chi connectivity index (χ1) is 10.1. The van der Waals surface area contributed by atoms with E-state index in [0.717, 1.165) is 25.1 Å². The molecule has 0 aromatic carbocycles. The summed E-state index contributed by atoms with van der Waals surface area (Å²) in [5.74, 6) is 0.365. The number of hydrogen-bond donors (Lipinski definition) is 1. The highest BCUT2D eigenvalue weighted by Gasteiger charge is 2.33. The summed E-state index contributed by atoms with van der Waals surface area (Å²) in [4.78, 5) is 14.7. The maximum absolute atomic E-state index is 12.4. The van der Waals surface area contributed by atoms with E-state index >= 15 is 0 Å². The van der Waals surface area contributed by atoms with Crippen LogP contribution in [0.3, 0.4) is 0 Å². The lowest BCUT2D eigenvalue weighted by Crippen LogP contribution is -2.41. The minimum atomic E-state index is -0.192. The molecule has 3 heterocycles. The summed E-state index contributed by atoms with van der Waals surface area (Å²) in [6.45, 7) is 4.73. The molecule has 0 spiro atoms. The zero-order valence-electron chi connectivity index (χ0n) is 12.2. The predicted octanol–water partition coefficient (Wildman–Crippen LogP) is 3.21. The number of rotatable bonds is 4. The van der Waals surface area contributed by atoms with Gasteiger partial charge in [-0.3, -0.25) is 15.0 Å². The van der Waals surface area contributed by atoms with E-state index in [1.165, 1.54) is 5.56 Å². The van der Waals surface area contributed by atoms with Crippen LogP contribution in [0.2, 0.25) is 0 Å². The Balaban J connectivity index is 1.68. The third-order valence-corrected chi connectivity index (χ3v) is 4.67. The second-order valence-electron chi connectivity index (χ2n) is 5.45. The minimum Gasteiger partial charge on any atom is -0.338 e. The molecule has 2 atom stereocenters. The lowest BCUT2D eigenvalue weighted by molar-refractivity contribution is -0.121. The van der Waals surface area contributed by atoms with Gasteiger partial charge in [0.25, 0.3) is 0 Å². The average molecular weight is 305 g/mol. The Morgan fingerprint density at radius 2 is 2.48 bits per heavy atom. The number of aromatic nitrogens is 1. The summed E-state index contributed by atoms with van der Waals surface area (Å²) >= 11 is 1.70. The highest BCUT2D eigenvalue weighted by Crippen LogP contribution is 2.34. The largest absolute Gasteiger partial charge is 0.338 e. The van der Waals surface area contributed by atoms with Gasteiger partial charge in [-0.2, -0.15) is 11.3 Å². The third-order valence-electron chi connectivity index (χ3n) is 3.97. The highest BCUT2D eigenvalue weighted by molar-refractivity contribution is 7.07. The van der Waals surface area contributed by atoms with E-state index in [1.54, 1.807) is 17.4 Å². The van der Waals surface area contributed by atoms with Gasteiger partial charge in [-0.05, 0) is 55.6 Å². The van der Waals surface area contributed by atoms with E-state index in [1.807, 2.05) is 13.8 Å². The third kappa shape index (κ3) is 3.01. The summed E-state index contributed by atoms with van der Waals surface area (Å²) in [7, 11) is 0. The molecule has 0 aliphatic carbocycles. The van der Waals surface area contributed by atoms with E-state index in [4.69, 9.17) is 4.52 Å². The van der Waals surface area contributed by atoms with Crippen LogP contribution in [0.5, 0.6) is 0 Å². The molecule has 2 aromatic rings. The SMILES string of the molecule is Cc1cc(NC(=O)[C@@H](C)N2CCC[C@H]2c2ccsc2)on1. The molecule has 6 heteroatoms. The molecule has 1 saturated heterocycles. The Hall–Kier alpha value is -1.66. The molecule has 3 rings (SSSR count). The molecule has 5 nitrogen and oxygen atoms in total. The smallest absolute Gasteiger partial charge is 0.243 e. The maximum Gasteiger partial charge on any atom is 0.243 e. The van der Waals surface area contributed by atoms with Crippen LogP contribution in [0.15, 0.2) is 27.4 Å². The Labute approximate surface area is 127 Å². The van der Waals surface area contributed by atoms with Gasteiger partial charge in [0.15, 0.2) is 0 Å². The summed E-state index contributed by atoms with van der Waals surface area (Å²) < 4.78 is 5.05. The van der Waals surface area contributed by atoms with Crippen molar-refractivity contribution in [3.8, 4) is 0 Å². The van der Waals surface area contributed by atoms with Crippen molar-refractivity contribution in [2.45, 2.75) is 38.8 Å². The molecule has 0 saturated carbocycles. The van der Waals surface area contributed by atoms with Gasteiger partial charge in [0.05, 0.1) is 11.7 Å². The Kier molecular flexibility index (Phi) is 4.07. The van der Waals surface area contributed by atoms with Crippen molar-refractivity contribution < 1.29 is 9.32 Å². The van der Waals surface area contributed by atoms with Crippen LogP contribution in [-0.2, 0) is 4.79 Å². The van der Waals surface area contributed by atoms with Crippen LogP contribution in [-0.4, -0.2) is 28.6 Å². The van der Waals surface area contributed by atoms with Crippen molar-refractivity contribution in [3.05, 3.63) is 34.2 Å². The molecular formula is C15H19N3O2S. The van der Waals surface area contributed by atoms with E-state index in [9.17, 15) is 4.79 Å². The highest BCUT2D eigenvalue weighted by atomic mass is 32.1. The fourth-order valence-corrected chi connectivity index (χ4v) is 3.58. The molecule has 1 aliphatic heterocycles.